The van der Waals surface area contributed by atoms with Crippen molar-refractivity contribution in [3.63, 3.8) is 0 Å². The summed E-state index contributed by atoms with van der Waals surface area (Å²) in [6.45, 7) is 3.76. The number of rotatable bonds is 2. The highest BCUT2D eigenvalue weighted by atomic mass is 32.3. The first-order valence-electron chi connectivity index (χ1n) is 5.19. The monoisotopic (exact) mass is 266 g/mol. The number of hydrogen-bond acceptors (Lipinski definition) is 2. The van der Waals surface area contributed by atoms with Crippen molar-refractivity contribution in [1.82, 2.24) is 0 Å². The Morgan fingerprint density at radius 2 is 1.61 bits per heavy atom. The van der Waals surface area contributed by atoms with Crippen molar-refractivity contribution in [2.24, 2.45) is 0 Å². The first kappa shape index (κ1) is 14.4. The molecule has 0 fully saturated rings. The maximum atomic E-state index is 8.74. The molecule has 0 unspecified atom stereocenters. The summed E-state index contributed by atoms with van der Waals surface area (Å²) in [6, 6.07) is 14.8. The minimum absolute atomic E-state index is 0.946. The van der Waals surface area contributed by atoms with E-state index in [1.165, 1.54) is 16.3 Å². The van der Waals surface area contributed by atoms with E-state index in [1.54, 1.807) is 0 Å². The molecule has 0 aliphatic heterocycles. The molecule has 0 aromatic heterocycles. The fourth-order valence-corrected chi connectivity index (χ4v) is 1.63. The Hall–Kier alpha value is -1.69. The van der Waals surface area contributed by atoms with Gasteiger partial charge in [-0.15, -0.1) is 6.58 Å². The number of hydrogen-bond donors (Lipinski definition) is 2. The summed E-state index contributed by atoms with van der Waals surface area (Å²) in [6.07, 6.45) is 2.89. The maximum absolute atomic E-state index is 8.74. The SMILES string of the molecule is C=CCc1cccc2ccccc12.O=S(=O)(O)O. The summed E-state index contributed by atoms with van der Waals surface area (Å²) in [5.74, 6) is 0. The Bertz CT molecular complexity index is 619. The zero-order valence-electron chi connectivity index (χ0n) is 9.65. The minimum atomic E-state index is -4.67. The summed E-state index contributed by atoms with van der Waals surface area (Å²) >= 11 is 0. The van der Waals surface area contributed by atoms with E-state index in [1.807, 2.05) is 6.08 Å². The molecular formula is C13H14O4S. The van der Waals surface area contributed by atoms with Gasteiger partial charge in [-0.25, -0.2) is 0 Å². The van der Waals surface area contributed by atoms with E-state index in [9.17, 15) is 0 Å². The van der Waals surface area contributed by atoms with Crippen molar-refractivity contribution in [2.45, 2.75) is 6.42 Å². The van der Waals surface area contributed by atoms with Crippen LogP contribution in [0.4, 0.5) is 0 Å². The molecule has 2 N–H and O–H groups in total. The minimum Gasteiger partial charge on any atom is -0.264 e. The Morgan fingerprint density at radius 1 is 1.06 bits per heavy atom. The van der Waals surface area contributed by atoms with Gasteiger partial charge in [0.1, 0.15) is 0 Å². The molecule has 0 atom stereocenters. The van der Waals surface area contributed by atoms with Crippen LogP contribution in [0.3, 0.4) is 0 Å². The van der Waals surface area contributed by atoms with Gasteiger partial charge in [0.05, 0.1) is 0 Å². The topological polar surface area (TPSA) is 74.6 Å². The molecule has 0 spiro atoms. The van der Waals surface area contributed by atoms with Gasteiger partial charge in [-0.05, 0) is 22.8 Å². The van der Waals surface area contributed by atoms with E-state index in [0.717, 1.165) is 6.42 Å². The molecule has 0 heterocycles. The Kier molecular flexibility index (Phi) is 5.03. The molecule has 0 aliphatic carbocycles. The normalized spacial score (nSPS) is 10.6. The fourth-order valence-electron chi connectivity index (χ4n) is 1.63. The van der Waals surface area contributed by atoms with Crippen LogP contribution in [0.25, 0.3) is 10.8 Å². The smallest absolute Gasteiger partial charge is 0.264 e. The third-order valence-corrected chi connectivity index (χ3v) is 2.24. The second-order valence-corrected chi connectivity index (χ2v) is 4.47. The lowest BCUT2D eigenvalue weighted by Crippen LogP contribution is -1.89. The lowest BCUT2D eigenvalue weighted by atomic mass is 10.0. The highest BCUT2D eigenvalue weighted by molar-refractivity contribution is 7.79. The van der Waals surface area contributed by atoms with Gasteiger partial charge in [-0.2, -0.15) is 8.42 Å². The molecule has 96 valence electrons. The van der Waals surface area contributed by atoms with E-state index < -0.39 is 10.4 Å². The molecule has 5 heteroatoms. The average Bonchev–Trinajstić information content (AvgIpc) is 2.28. The lowest BCUT2D eigenvalue weighted by Gasteiger charge is -2.02. The van der Waals surface area contributed by atoms with Crippen LogP contribution >= 0.6 is 0 Å². The Labute approximate surface area is 106 Å². The average molecular weight is 266 g/mol. The van der Waals surface area contributed by atoms with Crippen LogP contribution in [-0.2, 0) is 16.8 Å². The Morgan fingerprint density at radius 3 is 2.22 bits per heavy atom. The van der Waals surface area contributed by atoms with Crippen molar-refractivity contribution in [3.8, 4) is 0 Å². The van der Waals surface area contributed by atoms with E-state index in [4.69, 9.17) is 17.5 Å². The van der Waals surface area contributed by atoms with Gasteiger partial charge >= 0.3 is 10.4 Å². The highest BCUT2D eigenvalue weighted by Gasteiger charge is 1.96. The summed E-state index contributed by atoms with van der Waals surface area (Å²) in [4.78, 5) is 0. The predicted molar refractivity (Wildman–Crippen MR) is 72.0 cm³/mol. The van der Waals surface area contributed by atoms with Crippen LogP contribution in [-0.4, -0.2) is 17.5 Å². The summed E-state index contributed by atoms with van der Waals surface area (Å²) in [5.41, 5.74) is 1.35. The fraction of sp³-hybridized carbons (Fsp3) is 0.0769. The third kappa shape index (κ3) is 5.09. The second kappa shape index (κ2) is 6.30. The molecule has 4 nitrogen and oxygen atoms in total. The lowest BCUT2D eigenvalue weighted by molar-refractivity contribution is 0.381. The van der Waals surface area contributed by atoms with Gasteiger partial charge in [-0.3, -0.25) is 9.11 Å². The van der Waals surface area contributed by atoms with Crippen LogP contribution in [0.2, 0.25) is 0 Å². The van der Waals surface area contributed by atoms with E-state index in [2.05, 4.69) is 49.0 Å². The number of fused-ring (bicyclic) bond motifs is 1. The largest absolute Gasteiger partial charge is 0.394 e. The van der Waals surface area contributed by atoms with Gasteiger partial charge in [0, 0.05) is 0 Å². The van der Waals surface area contributed by atoms with E-state index >= 15 is 0 Å². The number of benzene rings is 2. The third-order valence-electron chi connectivity index (χ3n) is 2.24. The van der Waals surface area contributed by atoms with Crippen molar-refractivity contribution < 1.29 is 17.5 Å². The van der Waals surface area contributed by atoms with Crippen molar-refractivity contribution in [1.29, 1.82) is 0 Å². The molecule has 2 aromatic carbocycles. The molecule has 2 rings (SSSR count). The van der Waals surface area contributed by atoms with Crippen molar-refractivity contribution in [3.05, 3.63) is 60.7 Å². The molecule has 0 aliphatic rings. The van der Waals surface area contributed by atoms with Gasteiger partial charge in [0.25, 0.3) is 0 Å². The molecule has 0 amide bonds. The van der Waals surface area contributed by atoms with Crippen LogP contribution in [0, 0.1) is 0 Å². The van der Waals surface area contributed by atoms with Crippen molar-refractivity contribution in [2.75, 3.05) is 0 Å². The van der Waals surface area contributed by atoms with Crippen LogP contribution in [0.15, 0.2) is 55.1 Å². The van der Waals surface area contributed by atoms with Crippen molar-refractivity contribution >= 4 is 21.2 Å². The molecular weight excluding hydrogens is 252 g/mol. The highest BCUT2D eigenvalue weighted by Crippen LogP contribution is 2.18. The van der Waals surface area contributed by atoms with E-state index in [-0.39, 0.29) is 0 Å². The van der Waals surface area contributed by atoms with Crippen LogP contribution in [0.5, 0.6) is 0 Å². The summed E-state index contributed by atoms with van der Waals surface area (Å²) in [5, 5.41) is 2.65. The van der Waals surface area contributed by atoms with Gasteiger partial charge in [0.2, 0.25) is 0 Å². The Balaban J connectivity index is 0.000000280. The summed E-state index contributed by atoms with van der Waals surface area (Å²) < 4.78 is 31.6. The maximum Gasteiger partial charge on any atom is 0.394 e. The molecule has 0 saturated heterocycles. The molecule has 18 heavy (non-hydrogen) atoms. The second-order valence-electron chi connectivity index (χ2n) is 3.58. The first-order chi connectivity index (χ1) is 8.42. The van der Waals surface area contributed by atoms with Crippen LogP contribution in [0.1, 0.15) is 5.56 Å². The summed E-state index contributed by atoms with van der Waals surface area (Å²) in [7, 11) is -4.67. The molecule has 0 bridgehead atoms. The first-order valence-corrected chi connectivity index (χ1v) is 6.59. The van der Waals surface area contributed by atoms with Crippen LogP contribution < -0.4 is 0 Å². The number of allylic oxidation sites excluding steroid dienone is 1. The zero-order valence-corrected chi connectivity index (χ0v) is 10.5. The van der Waals surface area contributed by atoms with E-state index in [0.29, 0.717) is 0 Å². The van der Waals surface area contributed by atoms with Gasteiger partial charge in [-0.1, -0.05) is 48.5 Å². The van der Waals surface area contributed by atoms with Gasteiger partial charge in [0.15, 0.2) is 0 Å². The quantitative estimate of drug-likeness (QED) is 0.647. The zero-order chi connectivity index (χ0) is 13.6. The molecule has 0 radical (unpaired) electrons. The predicted octanol–water partition coefficient (Wildman–Crippen LogP) is 2.92. The van der Waals surface area contributed by atoms with Gasteiger partial charge < -0.3 is 0 Å². The molecule has 0 saturated carbocycles. The standard InChI is InChI=1S/C13H12.H2O4S/c1-2-6-11-8-5-9-12-7-3-4-10-13(11)12;1-5(2,3)4/h2-5,7-10H,1,6H2;(H2,1,2,3,4). The molecule has 2 aromatic rings.